The Bertz CT molecular complexity index is 737. The highest BCUT2D eigenvalue weighted by atomic mass is 16.6. The molecule has 0 radical (unpaired) electrons. The maximum Gasteiger partial charge on any atom is 0.321 e. The standard InChI is InChI=1S/C16H18N4O3/c1-11-17-4-5-20(11)13-9-19(10-13)16(21)18-12-2-3-14-15(8-12)23-7-6-22-14/h2-5,8,13H,6-7,9-10H2,1H3,(H,18,21). The van der Waals surface area contributed by atoms with E-state index in [0.717, 1.165) is 5.82 Å². The topological polar surface area (TPSA) is 68.6 Å². The molecule has 1 aromatic heterocycles. The molecule has 1 N–H and O–H groups in total. The van der Waals surface area contributed by atoms with Gasteiger partial charge in [0.1, 0.15) is 19.0 Å². The lowest BCUT2D eigenvalue weighted by molar-refractivity contribution is 0.134. The van der Waals surface area contributed by atoms with Crippen LogP contribution in [0.3, 0.4) is 0 Å². The Morgan fingerprint density at radius 1 is 1.26 bits per heavy atom. The van der Waals surface area contributed by atoms with Crippen LogP contribution in [-0.4, -0.2) is 46.8 Å². The summed E-state index contributed by atoms with van der Waals surface area (Å²) in [6, 6.07) is 5.64. The van der Waals surface area contributed by atoms with E-state index in [-0.39, 0.29) is 6.03 Å². The molecule has 1 aromatic carbocycles. The van der Waals surface area contributed by atoms with Crippen molar-refractivity contribution in [3.63, 3.8) is 0 Å². The molecule has 2 aromatic rings. The van der Waals surface area contributed by atoms with Gasteiger partial charge >= 0.3 is 6.03 Å². The Labute approximate surface area is 133 Å². The summed E-state index contributed by atoms with van der Waals surface area (Å²) >= 11 is 0. The number of hydrogen-bond donors (Lipinski definition) is 1. The molecule has 4 rings (SSSR count). The van der Waals surface area contributed by atoms with Gasteiger partial charge in [-0.15, -0.1) is 0 Å². The van der Waals surface area contributed by atoms with Crippen molar-refractivity contribution in [1.82, 2.24) is 14.5 Å². The van der Waals surface area contributed by atoms with Gasteiger partial charge in [-0.05, 0) is 19.1 Å². The summed E-state index contributed by atoms with van der Waals surface area (Å²) in [4.78, 5) is 18.3. The predicted molar refractivity (Wildman–Crippen MR) is 84.0 cm³/mol. The van der Waals surface area contributed by atoms with Crippen LogP contribution in [0.15, 0.2) is 30.6 Å². The number of hydrogen-bond acceptors (Lipinski definition) is 4. The summed E-state index contributed by atoms with van der Waals surface area (Å²) in [5, 5.41) is 2.90. The second-order valence-electron chi connectivity index (χ2n) is 5.73. The van der Waals surface area contributed by atoms with E-state index in [0.29, 0.717) is 49.5 Å². The van der Waals surface area contributed by atoms with Gasteiger partial charge < -0.3 is 24.3 Å². The number of imidazole rings is 1. The molecule has 1 saturated heterocycles. The summed E-state index contributed by atoms with van der Waals surface area (Å²) in [5.74, 6) is 2.36. The summed E-state index contributed by atoms with van der Waals surface area (Å²) in [6.07, 6.45) is 3.74. The first-order chi connectivity index (χ1) is 11.2. The molecule has 3 heterocycles. The smallest absolute Gasteiger partial charge is 0.321 e. The molecule has 23 heavy (non-hydrogen) atoms. The lowest BCUT2D eigenvalue weighted by Crippen LogP contribution is -2.52. The zero-order chi connectivity index (χ0) is 15.8. The minimum atomic E-state index is -0.101. The molecule has 2 aliphatic rings. The monoisotopic (exact) mass is 314 g/mol. The van der Waals surface area contributed by atoms with E-state index < -0.39 is 0 Å². The number of urea groups is 1. The highest BCUT2D eigenvalue weighted by molar-refractivity contribution is 5.90. The van der Waals surface area contributed by atoms with Gasteiger partial charge in [-0.25, -0.2) is 9.78 Å². The van der Waals surface area contributed by atoms with Gasteiger partial charge in [0.25, 0.3) is 0 Å². The van der Waals surface area contributed by atoms with Gasteiger partial charge in [-0.3, -0.25) is 0 Å². The molecule has 0 unspecified atom stereocenters. The van der Waals surface area contributed by atoms with Crippen molar-refractivity contribution < 1.29 is 14.3 Å². The number of fused-ring (bicyclic) bond motifs is 1. The molecule has 0 aliphatic carbocycles. The van der Waals surface area contributed by atoms with Gasteiger partial charge in [0, 0.05) is 37.2 Å². The minimum Gasteiger partial charge on any atom is -0.486 e. The molecule has 7 nitrogen and oxygen atoms in total. The lowest BCUT2D eigenvalue weighted by atomic mass is 10.1. The normalized spacial score (nSPS) is 16.8. The second-order valence-corrected chi connectivity index (χ2v) is 5.73. The van der Waals surface area contributed by atoms with Crippen molar-refractivity contribution in [2.24, 2.45) is 0 Å². The maximum atomic E-state index is 12.3. The van der Waals surface area contributed by atoms with Crippen LogP contribution in [-0.2, 0) is 0 Å². The van der Waals surface area contributed by atoms with Crippen LogP contribution in [0.25, 0.3) is 0 Å². The molecular weight excluding hydrogens is 296 g/mol. The fourth-order valence-electron chi connectivity index (χ4n) is 2.89. The number of ether oxygens (including phenoxy) is 2. The number of carbonyl (C=O) groups excluding carboxylic acids is 1. The molecule has 0 bridgehead atoms. The highest BCUT2D eigenvalue weighted by Gasteiger charge is 2.32. The maximum absolute atomic E-state index is 12.3. The summed E-state index contributed by atoms with van der Waals surface area (Å²) < 4.78 is 13.1. The van der Waals surface area contributed by atoms with Crippen molar-refractivity contribution >= 4 is 11.7 Å². The van der Waals surface area contributed by atoms with Crippen LogP contribution in [0.2, 0.25) is 0 Å². The van der Waals surface area contributed by atoms with Gasteiger partial charge in [0.05, 0.1) is 6.04 Å². The number of carbonyl (C=O) groups is 1. The Balaban J connectivity index is 1.37. The average Bonchev–Trinajstić information content (AvgIpc) is 2.92. The Hall–Kier alpha value is -2.70. The fraction of sp³-hybridized carbons (Fsp3) is 0.375. The van der Waals surface area contributed by atoms with Crippen LogP contribution in [0, 0.1) is 6.92 Å². The Morgan fingerprint density at radius 3 is 2.78 bits per heavy atom. The van der Waals surface area contributed by atoms with Crippen LogP contribution in [0.5, 0.6) is 11.5 Å². The third-order valence-corrected chi connectivity index (χ3v) is 4.20. The lowest BCUT2D eigenvalue weighted by Gasteiger charge is -2.40. The number of benzene rings is 1. The van der Waals surface area contributed by atoms with E-state index >= 15 is 0 Å². The van der Waals surface area contributed by atoms with E-state index in [2.05, 4.69) is 14.9 Å². The van der Waals surface area contributed by atoms with E-state index in [9.17, 15) is 4.79 Å². The zero-order valence-corrected chi connectivity index (χ0v) is 12.9. The number of aromatic nitrogens is 2. The largest absolute Gasteiger partial charge is 0.486 e. The van der Waals surface area contributed by atoms with Gasteiger partial charge in [0.15, 0.2) is 11.5 Å². The van der Waals surface area contributed by atoms with Crippen molar-refractivity contribution in [1.29, 1.82) is 0 Å². The third kappa shape index (κ3) is 2.58. The third-order valence-electron chi connectivity index (χ3n) is 4.20. The van der Waals surface area contributed by atoms with E-state index in [4.69, 9.17) is 9.47 Å². The molecule has 2 amide bonds. The van der Waals surface area contributed by atoms with E-state index in [1.165, 1.54) is 0 Å². The van der Waals surface area contributed by atoms with Crippen molar-refractivity contribution in [3.8, 4) is 11.5 Å². The minimum absolute atomic E-state index is 0.101. The van der Waals surface area contributed by atoms with Gasteiger partial charge in [-0.2, -0.15) is 0 Å². The molecule has 7 heteroatoms. The first kappa shape index (κ1) is 13.9. The van der Waals surface area contributed by atoms with Crippen LogP contribution in [0.1, 0.15) is 11.9 Å². The number of aryl methyl sites for hydroxylation is 1. The first-order valence-electron chi connectivity index (χ1n) is 7.66. The molecule has 1 fully saturated rings. The van der Waals surface area contributed by atoms with Crippen molar-refractivity contribution in [2.45, 2.75) is 13.0 Å². The molecule has 0 atom stereocenters. The van der Waals surface area contributed by atoms with E-state index in [1.54, 1.807) is 17.2 Å². The van der Waals surface area contributed by atoms with Crippen LogP contribution >= 0.6 is 0 Å². The van der Waals surface area contributed by atoms with Crippen LogP contribution in [0.4, 0.5) is 10.5 Å². The summed E-state index contributed by atoms with van der Waals surface area (Å²) in [5.41, 5.74) is 0.710. The number of rotatable bonds is 2. The molecule has 0 spiro atoms. The van der Waals surface area contributed by atoms with Gasteiger partial charge in [0.2, 0.25) is 0 Å². The SMILES string of the molecule is Cc1nccn1C1CN(C(=O)Nc2ccc3c(c2)OCCO3)C1. The molecule has 120 valence electrons. The fourth-order valence-corrected chi connectivity index (χ4v) is 2.89. The van der Waals surface area contributed by atoms with Crippen molar-refractivity contribution in [2.75, 3.05) is 31.6 Å². The second kappa shape index (κ2) is 5.49. The zero-order valence-electron chi connectivity index (χ0n) is 12.9. The van der Waals surface area contributed by atoms with Crippen LogP contribution < -0.4 is 14.8 Å². The summed E-state index contributed by atoms with van der Waals surface area (Å²) in [6.45, 7) is 4.43. The number of amides is 2. The molecule has 0 saturated carbocycles. The Kier molecular flexibility index (Phi) is 3.33. The molecule has 2 aliphatic heterocycles. The first-order valence-corrected chi connectivity index (χ1v) is 7.66. The average molecular weight is 314 g/mol. The van der Waals surface area contributed by atoms with Crippen molar-refractivity contribution in [3.05, 3.63) is 36.4 Å². The van der Waals surface area contributed by atoms with Gasteiger partial charge in [-0.1, -0.05) is 0 Å². The van der Waals surface area contributed by atoms with E-state index in [1.807, 2.05) is 25.3 Å². The number of anilines is 1. The number of nitrogens with one attached hydrogen (secondary N) is 1. The predicted octanol–water partition coefficient (Wildman–Crippen LogP) is 2.05. The molecular formula is C16H18N4O3. The number of likely N-dealkylation sites (tertiary alicyclic amines) is 1. The number of nitrogens with zero attached hydrogens (tertiary/aromatic N) is 3. The highest BCUT2D eigenvalue weighted by Crippen LogP contribution is 2.33. The Morgan fingerprint density at radius 2 is 2.04 bits per heavy atom. The summed E-state index contributed by atoms with van der Waals surface area (Å²) in [7, 11) is 0. The quantitative estimate of drug-likeness (QED) is 0.921.